The molecule has 1 amide bonds. The molecule has 0 saturated carbocycles. The van der Waals surface area contributed by atoms with Crippen molar-refractivity contribution in [2.75, 3.05) is 13.2 Å². The summed E-state index contributed by atoms with van der Waals surface area (Å²) >= 11 is 0. The molecule has 4 aromatic heterocycles. The lowest BCUT2D eigenvalue weighted by molar-refractivity contribution is -0.00358. The van der Waals surface area contributed by atoms with E-state index in [1.165, 1.54) is 6.20 Å². The average molecular weight is 386 g/mol. The smallest absolute Gasteiger partial charge is 0.272 e. The maximum Gasteiger partial charge on any atom is 0.272 e. The van der Waals surface area contributed by atoms with E-state index in [9.17, 15) is 4.79 Å². The standard InChI is InChI=1S/C21H18N6O2/c1-13-4-2-6-17(24-13)20-15(5-3-9-22-20)16-7-8-19-23-10-18(27(19)26-16)21(28)25-14-11-29-12-14/h2-10,14H,11-12H2,1H3,(H,25,28). The number of imidazole rings is 1. The van der Waals surface area contributed by atoms with E-state index >= 15 is 0 Å². The molecule has 5 heterocycles. The molecule has 0 aromatic carbocycles. The molecule has 0 spiro atoms. The third kappa shape index (κ3) is 3.23. The lowest BCUT2D eigenvalue weighted by Gasteiger charge is -2.26. The second kappa shape index (κ2) is 7.06. The summed E-state index contributed by atoms with van der Waals surface area (Å²) in [6, 6.07) is 13.4. The molecule has 0 radical (unpaired) electrons. The highest BCUT2D eigenvalue weighted by molar-refractivity contribution is 5.93. The van der Waals surface area contributed by atoms with E-state index in [-0.39, 0.29) is 11.9 Å². The maximum absolute atomic E-state index is 12.6. The number of fused-ring (bicyclic) bond motifs is 1. The van der Waals surface area contributed by atoms with Crippen LogP contribution in [0.15, 0.2) is 54.9 Å². The summed E-state index contributed by atoms with van der Waals surface area (Å²) in [5, 5.41) is 7.61. The summed E-state index contributed by atoms with van der Waals surface area (Å²) in [6.45, 7) is 3.01. The number of pyridine rings is 2. The van der Waals surface area contributed by atoms with Gasteiger partial charge in [0.1, 0.15) is 0 Å². The van der Waals surface area contributed by atoms with Crippen LogP contribution in [0.5, 0.6) is 0 Å². The van der Waals surface area contributed by atoms with Gasteiger partial charge in [0, 0.05) is 17.5 Å². The Kier molecular flexibility index (Phi) is 4.25. The third-order valence-corrected chi connectivity index (χ3v) is 4.78. The zero-order chi connectivity index (χ0) is 19.8. The van der Waals surface area contributed by atoms with Crippen molar-refractivity contribution < 1.29 is 9.53 Å². The molecule has 1 N–H and O–H groups in total. The number of nitrogens with zero attached hydrogens (tertiary/aromatic N) is 5. The Morgan fingerprint density at radius 2 is 2.00 bits per heavy atom. The zero-order valence-electron chi connectivity index (χ0n) is 15.7. The van der Waals surface area contributed by atoms with Crippen molar-refractivity contribution >= 4 is 11.6 Å². The molecule has 0 aliphatic carbocycles. The number of ether oxygens (including phenoxy) is 1. The summed E-state index contributed by atoms with van der Waals surface area (Å²) < 4.78 is 6.68. The van der Waals surface area contributed by atoms with Crippen molar-refractivity contribution in [3.63, 3.8) is 0 Å². The van der Waals surface area contributed by atoms with Gasteiger partial charge in [-0.3, -0.25) is 14.8 Å². The fraction of sp³-hybridized carbons (Fsp3) is 0.190. The second-order valence-electron chi connectivity index (χ2n) is 6.90. The first-order chi connectivity index (χ1) is 14.2. The second-order valence-corrected chi connectivity index (χ2v) is 6.90. The van der Waals surface area contributed by atoms with Gasteiger partial charge in [0.25, 0.3) is 5.91 Å². The largest absolute Gasteiger partial charge is 0.377 e. The van der Waals surface area contributed by atoms with Crippen molar-refractivity contribution in [2.45, 2.75) is 13.0 Å². The molecule has 144 valence electrons. The molecule has 1 aliphatic heterocycles. The van der Waals surface area contributed by atoms with Crippen LogP contribution in [0, 0.1) is 6.92 Å². The van der Waals surface area contributed by atoms with E-state index in [2.05, 4.69) is 25.4 Å². The number of hydrogen-bond acceptors (Lipinski definition) is 6. The first-order valence-electron chi connectivity index (χ1n) is 9.32. The summed E-state index contributed by atoms with van der Waals surface area (Å²) in [5.74, 6) is -0.220. The summed E-state index contributed by atoms with van der Waals surface area (Å²) in [7, 11) is 0. The van der Waals surface area contributed by atoms with Crippen molar-refractivity contribution in [1.29, 1.82) is 0 Å². The SMILES string of the molecule is Cc1cccc(-c2ncccc2-c2ccc3ncc(C(=O)NC4COC4)n3n2)n1. The van der Waals surface area contributed by atoms with Gasteiger partial charge in [-0.2, -0.15) is 5.10 Å². The monoisotopic (exact) mass is 386 g/mol. The van der Waals surface area contributed by atoms with Crippen LogP contribution in [0.4, 0.5) is 0 Å². The summed E-state index contributed by atoms with van der Waals surface area (Å²) in [4.78, 5) is 26.0. The van der Waals surface area contributed by atoms with Crippen molar-refractivity contribution in [1.82, 2.24) is 29.9 Å². The Balaban J connectivity index is 1.58. The highest BCUT2D eigenvalue weighted by atomic mass is 16.5. The summed E-state index contributed by atoms with van der Waals surface area (Å²) in [5.41, 5.74) is 4.92. The molecule has 8 nitrogen and oxygen atoms in total. The normalized spacial score (nSPS) is 14.0. The van der Waals surface area contributed by atoms with Crippen LogP contribution < -0.4 is 5.32 Å². The minimum absolute atomic E-state index is 0.0357. The number of aryl methyl sites for hydroxylation is 1. The van der Waals surface area contributed by atoms with Crippen LogP contribution in [0.3, 0.4) is 0 Å². The molecule has 1 aliphatic rings. The molecule has 0 bridgehead atoms. The van der Waals surface area contributed by atoms with Crippen LogP contribution in [0.2, 0.25) is 0 Å². The fourth-order valence-electron chi connectivity index (χ4n) is 3.24. The zero-order valence-corrected chi connectivity index (χ0v) is 15.7. The minimum Gasteiger partial charge on any atom is -0.377 e. The van der Waals surface area contributed by atoms with Gasteiger partial charge in [-0.15, -0.1) is 0 Å². The number of nitrogens with one attached hydrogen (secondary N) is 1. The van der Waals surface area contributed by atoms with Gasteiger partial charge < -0.3 is 10.1 Å². The molecule has 1 saturated heterocycles. The third-order valence-electron chi connectivity index (χ3n) is 4.78. The first kappa shape index (κ1) is 17.4. The minimum atomic E-state index is -0.220. The van der Waals surface area contributed by atoms with Crippen LogP contribution in [-0.4, -0.2) is 49.7 Å². The molecule has 0 unspecified atom stereocenters. The molecular formula is C21H18N6O2. The Labute approximate surface area is 166 Å². The predicted molar refractivity (Wildman–Crippen MR) is 106 cm³/mol. The van der Waals surface area contributed by atoms with E-state index in [1.807, 2.05) is 49.4 Å². The molecule has 0 atom stereocenters. The van der Waals surface area contributed by atoms with E-state index in [4.69, 9.17) is 4.74 Å². The Morgan fingerprint density at radius 3 is 2.79 bits per heavy atom. The number of carbonyl (C=O) groups excluding carboxylic acids is 1. The number of aromatic nitrogens is 5. The summed E-state index contributed by atoms with van der Waals surface area (Å²) in [6.07, 6.45) is 3.27. The quantitative estimate of drug-likeness (QED) is 0.578. The van der Waals surface area contributed by atoms with Gasteiger partial charge in [0.15, 0.2) is 11.3 Å². The predicted octanol–water partition coefficient (Wildman–Crippen LogP) is 2.29. The lowest BCUT2D eigenvalue weighted by atomic mass is 10.1. The van der Waals surface area contributed by atoms with Crippen molar-refractivity contribution in [2.24, 2.45) is 0 Å². The average Bonchev–Trinajstić information content (AvgIpc) is 3.14. The topological polar surface area (TPSA) is 94.3 Å². The molecular weight excluding hydrogens is 368 g/mol. The van der Waals surface area contributed by atoms with E-state index in [1.54, 1.807) is 10.7 Å². The van der Waals surface area contributed by atoms with Gasteiger partial charge in [0.05, 0.1) is 42.5 Å². The molecule has 8 heteroatoms. The fourth-order valence-corrected chi connectivity index (χ4v) is 3.24. The first-order valence-corrected chi connectivity index (χ1v) is 9.32. The number of hydrogen-bond donors (Lipinski definition) is 1. The Hall–Kier alpha value is -3.65. The van der Waals surface area contributed by atoms with Gasteiger partial charge in [-0.05, 0) is 43.3 Å². The van der Waals surface area contributed by atoms with Gasteiger partial charge >= 0.3 is 0 Å². The molecule has 1 fully saturated rings. The number of amides is 1. The van der Waals surface area contributed by atoms with Crippen LogP contribution in [-0.2, 0) is 4.74 Å². The van der Waals surface area contributed by atoms with Crippen LogP contribution >= 0.6 is 0 Å². The highest BCUT2D eigenvalue weighted by Gasteiger charge is 2.23. The number of carbonyl (C=O) groups is 1. The number of rotatable bonds is 4. The van der Waals surface area contributed by atoms with Gasteiger partial charge in [-0.1, -0.05) is 6.07 Å². The molecule has 5 rings (SSSR count). The lowest BCUT2D eigenvalue weighted by Crippen LogP contribution is -2.48. The van der Waals surface area contributed by atoms with Gasteiger partial charge in [0.2, 0.25) is 0 Å². The van der Waals surface area contributed by atoms with E-state index in [0.29, 0.717) is 30.2 Å². The van der Waals surface area contributed by atoms with Crippen molar-refractivity contribution in [3.8, 4) is 22.6 Å². The maximum atomic E-state index is 12.6. The Bertz CT molecular complexity index is 1210. The highest BCUT2D eigenvalue weighted by Crippen LogP contribution is 2.28. The van der Waals surface area contributed by atoms with Crippen molar-refractivity contribution in [3.05, 3.63) is 66.2 Å². The molecule has 4 aromatic rings. The van der Waals surface area contributed by atoms with Crippen LogP contribution in [0.1, 0.15) is 16.2 Å². The van der Waals surface area contributed by atoms with E-state index < -0.39 is 0 Å². The van der Waals surface area contributed by atoms with Crippen LogP contribution in [0.25, 0.3) is 28.3 Å². The van der Waals surface area contributed by atoms with Gasteiger partial charge in [-0.25, -0.2) is 9.50 Å². The Morgan fingerprint density at radius 1 is 1.10 bits per heavy atom. The molecule has 29 heavy (non-hydrogen) atoms. The van der Waals surface area contributed by atoms with E-state index in [0.717, 1.165) is 22.6 Å².